The van der Waals surface area contributed by atoms with E-state index in [-0.39, 0.29) is 9.20 Å². The fraction of sp³-hybridized carbons (Fsp3) is 0.400. The summed E-state index contributed by atoms with van der Waals surface area (Å²) in [7, 11) is -4.26. The normalized spacial score (nSPS) is 12.9. The number of halogens is 4. The van der Waals surface area contributed by atoms with Gasteiger partial charge in [0.05, 0.1) is 11.5 Å². The van der Waals surface area contributed by atoms with Crippen LogP contribution < -0.4 is 0 Å². The standard InChI is InChI=1S/C10H11F3INO3S/c11-10(12,13)7-15(5-6-16)19(17,18)9-3-1-8(14)2-4-9/h1-4,16H,5-7H2. The van der Waals surface area contributed by atoms with Crippen molar-refractivity contribution in [3.8, 4) is 0 Å². The smallest absolute Gasteiger partial charge is 0.395 e. The van der Waals surface area contributed by atoms with Crippen LogP contribution >= 0.6 is 22.6 Å². The summed E-state index contributed by atoms with van der Waals surface area (Å²) >= 11 is 1.95. The van der Waals surface area contributed by atoms with Crippen LogP contribution in [-0.2, 0) is 10.0 Å². The highest BCUT2D eigenvalue weighted by molar-refractivity contribution is 14.1. The number of alkyl halides is 3. The summed E-state index contributed by atoms with van der Waals surface area (Å²) in [6.45, 7) is -2.91. The van der Waals surface area contributed by atoms with E-state index in [2.05, 4.69) is 0 Å². The minimum absolute atomic E-state index is 0.217. The second kappa shape index (κ2) is 6.37. The molecule has 0 aliphatic carbocycles. The monoisotopic (exact) mass is 409 g/mol. The van der Waals surface area contributed by atoms with Crippen molar-refractivity contribution in [2.75, 3.05) is 19.7 Å². The van der Waals surface area contributed by atoms with Crippen molar-refractivity contribution in [1.29, 1.82) is 0 Å². The van der Waals surface area contributed by atoms with Gasteiger partial charge in [0.1, 0.15) is 6.54 Å². The van der Waals surface area contributed by atoms with Crippen molar-refractivity contribution in [3.05, 3.63) is 27.8 Å². The quantitative estimate of drug-likeness (QED) is 0.756. The number of sulfonamides is 1. The lowest BCUT2D eigenvalue weighted by atomic mass is 10.4. The highest BCUT2D eigenvalue weighted by Gasteiger charge is 2.36. The summed E-state index contributed by atoms with van der Waals surface area (Å²) in [5.41, 5.74) is 0. The molecule has 0 radical (unpaired) electrons. The number of rotatable bonds is 5. The van der Waals surface area contributed by atoms with Gasteiger partial charge >= 0.3 is 6.18 Å². The summed E-state index contributed by atoms with van der Waals surface area (Å²) < 4.78 is 62.1. The van der Waals surface area contributed by atoms with E-state index in [1.54, 1.807) is 0 Å². The lowest BCUT2D eigenvalue weighted by Crippen LogP contribution is -2.40. The Morgan fingerprint density at radius 2 is 1.74 bits per heavy atom. The summed E-state index contributed by atoms with van der Waals surface area (Å²) in [5, 5.41) is 8.71. The summed E-state index contributed by atoms with van der Waals surface area (Å²) in [6.07, 6.45) is -4.66. The Hall–Kier alpha value is -0.390. The number of aliphatic hydroxyl groups is 1. The van der Waals surface area contributed by atoms with E-state index in [9.17, 15) is 21.6 Å². The van der Waals surface area contributed by atoms with E-state index in [0.717, 1.165) is 3.57 Å². The van der Waals surface area contributed by atoms with Crippen molar-refractivity contribution >= 4 is 32.6 Å². The van der Waals surface area contributed by atoms with E-state index in [4.69, 9.17) is 5.11 Å². The van der Waals surface area contributed by atoms with Gasteiger partial charge in [-0.15, -0.1) is 0 Å². The molecule has 0 bridgehead atoms. The molecule has 1 rings (SSSR count). The van der Waals surface area contributed by atoms with Crippen molar-refractivity contribution in [2.24, 2.45) is 0 Å². The SMILES string of the molecule is O=S(=O)(c1ccc(I)cc1)N(CCO)CC(F)(F)F. The molecule has 0 spiro atoms. The van der Waals surface area contributed by atoms with Gasteiger partial charge in [-0.25, -0.2) is 8.42 Å². The van der Waals surface area contributed by atoms with Crippen molar-refractivity contribution < 1.29 is 26.7 Å². The first kappa shape index (κ1) is 16.7. The van der Waals surface area contributed by atoms with Gasteiger partial charge in [0.25, 0.3) is 0 Å². The topological polar surface area (TPSA) is 57.6 Å². The van der Waals surface area contributed by atoms with Gasteiger partial charge in [-0.3, -0.25) is 0 Å². The fourth-order valence-electron chi connectivity index (χ4n) is 1.35. The maximum Gasteiger partial charge on any atom is 0.402 e. The van der Waals surface area contributed by atoms with Crippen molar-refractivity contribution in [2.45, 2.75) is 11.1 Å². The molecule has 1 N–H and O–H groups in total. The first-order valence-corrected chi connectivity index (χ1v) is 7.62. The third-order valence-corrected chi connectivity index (χ3v) is 4.74. The average Bonchev–Trinajstić information content (AvgIpc) is 2.27. The van der Waals surface area contributed by atoms with Crippen LogP contribution in [-0.4, -0.2) is 43.7 Å². The largest absolute Gasteiger partial charge is 0.402 e. The second-order valence-corrected chi connectivity index (χ2v) is 6.81. The van der Waals surface area contributed by atoms with Crippen LogP contribution in [0.25, 0.3) is 0 Å². The van der Waals surface area contributed by atoms with Gasteiger partial charge in [-0.2, -0.15) is 17.5 Å². The van der Waals surface area contributed by atoms with E-state index in [0.29, 0.717) is 0 Å². The van der Waals surface area contributed by atoms with Crippen molar-refractivity contribution in [3.63, 3.8) is 0 Å². The third-order valence-electron chi connectivity index (χ3n) is 2.16. The summed E-state index contributed by atoms with van der Waals surface area (Å²) in [5.74, 6) is 0. The van der Waals surface area contributed by atoms with Gasteiger partial charge in [0.2, 0.25) is 10.0 Å². The number of hydrogen-bond donors (Lipinski definition) is 1. The Bertz CT molecular complexity index is 516. The van der Waals surface area contributed by atoms with Crippen LogP contribution in [0.15, 0.2) is 29.2 Å². The second-order valence-electron chi connectivity index (χ2n) is 3.63. The molecule has 0 aliphatic rings. The molecule has 108 valence electrons. The molecule has 0 fully saturated rings. The number of benzene rings is 1. The van der Waals surface area contributed by atoms with Crippen molar-refractivity contribution in [1.82, 2.24) is 4.31 Å². The zero-order chi connectivity index (χ0) is 14.7. The van der Waals surface area contributed by atoms with Crippen LogP contribution in [0.3, 0.4) is 0 Å². The number of nitrogens with zero attached hydrogens (tertiary/aromatic N) is 1. The molecule has 0 heterocycles. The fourth-order valence-corrected chi connectivity index (χ4v) is 3.13. The Kier molecular flexibility index (Phi) is 5.59. The molecule has 0 saturated heterocycles. The molecule has 9 heteroatoms. The molecule has 1 aromatic rings. The van der Waals surface area contributed by atoms with E-state index >= 15 is 0 Å². The Morgan fingerprint density at radius 1 is 1.21 bits per heavy atom. The molecule has 0 atom stereocenters. The number of hydrogen-bond acceptors (Lipinski definition) is 3. The van der Waals surface area contributed by atoms with Gasteiger partial charge in [-0.05, 0) is 46.9 Å². The molecule has 0 unspecified atom stereocenters. The maximum atomic E-state index is 12.4. The Labute approximate surface area is 122 Å². The van der Waals surface area contributed by atoms with Gasteiger partial charge in [-0.1, -0.05) is 0 Å². The number of aliphatic hydroxyl groups excluding tert-OH is 1. The predicted octanol–water partition coefficient (Wildman–Crippen LogP) is 1.84. The molecule has 0 aliphatic heterocycles. The zero-order valence-electron chi connectivity index (χ0n) is 9.56. The maximum absolute atomic E-state index is 12.4. The molecule has 0 amide bonds. The zero-order valence-corrected chi connectivity index (χ0v) is 12.5. The lowest BCUT2D eigenvalue weighted by molar-refractivity contribution is -0.136. The first-order chi connectivity index (χ1) is 8.66. The van der Waals surface area contributed by atoms with Gasteiger partial charge in [0.15, 0.2) is 0 Å². The molecule has 0 saturated carbocycles. The van der Waals surface area contributed by atoms with Crippen LogP contribution in [0, 0.1) is 3.57 Å². The highest BCUT2D eigenvalue weighted by Crippen LogP contribution is 2.22. The molecule has 1 aromatic carbocycles. The molecule has 0 aromatic heterocycles. The summed E-state index contributed by atoms with van der Waals surface area (Å²) in [4.78, 5) is -0.231. The lowest BCUT2D eigenvalue weighted by Gasteiger charge is -2.22. The van der Waals surface area contributed by atoms with Crippen LogP contribution in [0.5, 0.6) is 0 Å². The minimum atomic E-state index is -4.66. The first-order valence-electron chi connectivity index (χ1n) is 5.10. The third kappa shape index (κ3) is 4.89. The molecular weight excluding hydrogens is 398 g/mol. The average molecular weight is 409 g/mol. The molecule has 4 nitrogen and oxygen atoms in total. The van der Waals surface area contributed by atoms with Crippen LogP contribution in [0.2, 0.25) is 0 Å². The Balaban J connectivity index is 3.09. The highest BCUT2D eigenvalue weighted by atomic mass is 127. The van der Waals surface area contributed by atoms with E-state index in [1.165, 1.54) is 24.3 Å². The predicted molar refractivity (Wildman–Crippen MR) is 71.1 cm³/mol. The van der Waals surface area contributed by atoms with E-state index in [1.807, 2.05) is 22.6 Å². The van der Waals surface area contributed by atoms with Crippen LogP contribution in [0.1, 0.15) is 0 Å². The Morgan fingerprint density at radius 3 is 2.16 bits per heavy atom. The molecular formula is C10H11F3INO3S. The van der Waals surface area contributed by atoms with Gasteiger partial charge in [0, 0.05) is 10.1 Å². The van der Waals surface area contributed by atoms with Crippen LogP contribution in [0.4, 0.5) is 13.2 Å². The van der Waals surface area contributed by atoms with Gasteiger partial charge < -0.3 is 5.11 Å². The van der Waals surface area contributed by atoms with E-state index < -0.39 is 35.9 Å². The molecule has 19 heavy (non-hydrogen) atoms. The summed E-state index contributed by atoms with van der Waals surface area (Å²) in [6, 6.07) is 5.44. The minimum Gasteiger partial charge on any atom is -0.395 e.